The topological polar surface area (TPSA) is 49.9 Å². The molecule has 0 N–H and O–H groups in total. The third-order valence-corrected chi connectivity index (χ3v) is 7.10. The van der Waals surface area contributed by atoms with Gasteiger partial charge in [0.2, 0.25) is 5.91 Å². The SMILES string of the molecule is CCCN(CC(=O)N1CCc2sccc2C1c1ccc(C)cc1)C(=O)c1cccc(OC)c1. The summed E-state index contributed by atoms with van der Waals surface area (Å²) in [5.74, 6) is 0.454. The normalized spacial score (nSPS) is 15.1. The van der Waals surface area contributed by atoms with Crippen molar-refractivity contribution in [2.45, 2.75) is 32.7 Å². The van der Waals surface area contributed by atoms with Crippen molar-refractivity contribution in [2.75, 3.05) is 26.7 Å². The second kappa shape index (κ2) is 10.2. The molecule has 2 aromatic carbocycles. The number of fused-ring (bicyclic) bond motifs is 1. The smallest absolute Gasteiger partial charge is 0.254 e. The molecular weight excluding hydrogens is 432 g/mol. The molecule has 1 aliphatic heterocycles. The Balaban J connectivity index is 1.60. The van der Waals surface area contributed by atoms with Gasteiger partial charge in [0.1, 0.15) is 12.3 Å². The van der Waals surface area contributed by atoms with Crippen LogP contribution in [0, 0.1) is 6.92 Å². The predicted octanol–water partition coefficient (Wildman–Crippen LogP) is 5.09. The number of hydrogen-bond donors (Lipinski definition) is 0. The molecule has 6 heteroatoms. The maximum absolute atomic E-state index is 13.6. The van der Waals surface area contributed by atoms with Crippen LogP contribution < -0.4 is 4.74 Å². The lowest BCUT2D eigenvalue weighted by Gasteiger charge is -2.37. The van der Waals surface area contributed by atoms with Crippen LogP contribution in [0.15, 0.2) is 60.0 Å². The average molecular weight is 463 g/mol. The van der Waals surface area contributed by atoms with Crippen LogP contribution in [-0.4, -0.2) is 48.4 Å². The van der Waals surface area contributed by atoms with E-state index >= 15 is 0 Å². The van der Waals surface area contributed by atoms with E-state index in [1.165, 1.54) is 16.0 Å². The summed E-state index contributed by atoms with van der Waals surface area (Å²) in [6.45, 7) is 5.32. The van der Waals surface area contributed by atoms with Crippen molar-refractivity contribution in [3.63, 3.8) is 0 Å². The molecule has 0 radical (unpaired) electrons. The van der Waals surface area contributed by atoms with Gasteiger partial charge in [0.15, 0.2) is 0 Å². The predicted molar refractivity (Wildman–Crippen MR) is 132 cm³/mol. The van der Waals surface area contributed by atoms with Crippen LogP contribution in [-0.2, 0) is 11.2 Å². The van der Waals surface area contributed by atoms with E-state index in [1.54, 1.807) is 41.5 Å². The second-order valence-electron chi connectivity index (χ2n) is 8.41. The fourth-order valence-corrected chi connectivity index (χ4v) is 5.31. The van der Waals surface area contributed by atoms with Crippen molar-refractivity contribution in [1.82, 2.24) is 9.80 Å². The summed E-state index contributed by atoms with van der Waals surface area (Å²) in [6.07, 6.45) is 1.62. The zero-order chi connectivity index (χ0) is 23.4. The highest BCUT2D eigenvalue weighted by Gasteiger charge is 2.34. The number of aryl methyl sites for hydroxylation is 1. The molecule has 3 aromatic rings. The van der Waals surface area contributed by atoms with Crippen LogP contribution in [0.1, 0.15) is 51.3 Å². The Hall–Kier alpha value is -3.12. The van der Waals surface area contributed by atoms with Gasteiger partial charge in [0.05, 0.1) is 13.2 Å². The van der Waals surface area contributed by atoms with Gasteiger partial charge in [-0.3, -0.25) is 9.59 Å². The van der Waals surface area contributed by atoms with Crippen molar-refractivity contribution >= 4 is 23.2 Å². The average Bonchev–Trinajstić information content (AvgIpc) is 3.32. The van der Waals surface area contributed by atoms with Gasteiger partial charge in [-0.25, -0.2) is 0 Å². The van der Waals surface area contributed by atoms with Crippen molar-refractivity contribution in [3.8, 4) is 5.75 Å². The lowest BCUT2D eigenvalue weighted by Crippen LogP contribution is -2.47. The van der Waals surface area contributed by atoms with Gasteiger partial charge >= 0.3 is 0 Å². The number of benzene rings is 2. The number of carbonyl (C=O) groups excluding carboxylic acids is 2. The van der Waals surface area contributed by atoms with Crippen molar-refractivity contribution < 1.29 is 14.3 Å². The minimum Gasteiger partial charge on any atom is -0.497 e. The Morgan fingerprint density at radius 3 is 2.67 bits per heavy atom. The van der Waals surface area contributed by atoms with Crippen LogP contribution in [0.25, 0.3) is 0 Å². The van der Waals surface area contributed by atoms with E-state index in [2.05, 4.69) is 42.6 Å². The first-order valence-corrected chi connectivity index (χ1v) is 12.3. The molecule has 2 heterocycles. The molecule has 1 aromatic heterocycles. The van der Waals surface area contributed by atoms with Crippen LogP contribution >= 0.6 is 11.3 Å². The van der Waals surface area contributed by atoms with E-state index in [1.807, 2.05) is 17.9 Å². The van der Waals surface area contributed by atoms with Gasteiger partial charge in [-0.15, -0.1) is 11.3 Å². The maximum Gasteiger partial charge on any atom is 0.254 e. The molecule has 2 amide bonds. The molecule has 172 valence electrons. The molecule has 33 heavy (non-hydrogen) atoms. The summed E-state index contributed by atoms with van der Waals surface area (Å²) in [5, 5.41) is 2.11. The molecule has 0 fully saturated rings. The molecule has 0 aliphatic carbocycles. The third-order valence-electron chi connectivity index (χ3n) is 6.10. The number of nitrogens with zero attached hydrogens (tertiary/aromatic N) is 2. The molecule has 0 bridgehead atoms. The minimum absolute atomic E-state index is 0.0258. The fourth-order valence-electron chi connectivity index (χ4n) is 4.41. The van der Waals surface area contributed by atoms with Crippen LogP contribution in [0.5, 0.6) is 5.75 Å². The zero-order valence-electron chi connectivity index (χ0n) is 19.4. The Morgan fingerprint density at radius 1 is 1.15 bits per heavy atom. The van der Waals surface area contributed by atoms with Gasteiger partial charge in [0.25, 0.3) is 5.91 Å². The number of thiophene rings is 1. The summed E-state index contributed by atoms with van der Waals surface area (Å²) in [6, 6.07) is 17.5. The molecule has 1 unspecified atom stereocenters. The van der Waals surface area contributed by atoms with E-state index in [-0.39, 0.29) is 24.4 Å². The molecule has 4 rings (SSSR count). The van der Waals surface area contributed by atoms with Crippen LogP contribution in [0.4, 0.5) is 0 Å². The Labute approximate surface area is 199 Å². The van der Waals surface area contributed by atoms with E-state index in [4.69, 9.17) is 4.74 Å². The van der Waals surface area contributed by atoms with Gasteiger partial charge in [-0.2, -0.15) is 0 Å². The largest absolute Gasteiger partial charge is 0.497 e. The quantitative estimate of drug-likeness (QED) is 0.491. The number of methoxy groups -OCH3 is 1. The summed E-state index contributed by atoms with van der Waals surface area (Å²) in [4.78, 5) is 31.8. The molecule has 1 atom stereocenters. The van der Waals surface area contributed by atoms with E-state index in [0.717, 1.165) is 18.4 Å². The Morgan fingerprint density at radius 2 is 1.94 bits per heavy atom. The monoisotopic (exact) mass is 462 g/mol. The molecular formula is C27H30N2O3S. The van der Waals surface area contributed by atoms with Gasteiger partial charge in [-0.05, 0) is 60.5 Å². The lowest BCUT2D eigenvalue weighted by atomic mass is 9.92. The minimum atomic E-state index is -0.149. The Kier molecular flexibility index (Phi) is 7.14. The van der Waals surface area contributed by atoms with E-state index in [9.17, 15) is 9.59 Å². The molecule has 1 aliphatic rings. The van der Waals surface area contributed by atoms with Crippen LogP contribution in [0.3, 0.4) is 0 Å². The molecule has 0 saturated carbocycles. The number of carbonyl (C=O) groups is 2. The van der Waals surface area contributed by atoms with Crippen molar-refractivity contribution in [3.05, 3.63) is 87.1 Å². The Bertz CT molecular complexity index is 1120. The summed E-state index contributed by atoms with van der Waals surface area (Å²) in [7, 11) is 1.58. The lowest BCUT2D eigenvalue weighted by molar-refractivity contribution is -0.134. The van der Waals surface area contributed by atoms with E-state index < -0.39 is 0 Å². The maximum atomic E-state index is 13.6. The summed E-state index contributed by atoms with van der Waals surface area (Å²) < 4.78 is 5.27. The standard InChI is InChI=1S/C27H30N2O3S/c1-4-14-28(27(31)21-6-5-7-22(17-21)32-3)18-25(30)29-15-12-24-23(13-16-33-24)26(29)20-10-8-19(2)9-11-20/h5-11,13,16-17,26H,4,12,14-15,18H2,1-3H3. The fraction of sp³-hybridized carbons (Fsp3) is 0.333. The number of hydrogen-bond acceptors (Lipinski definition) is 4. The first-order valence-electron chi connectivity index (χ1n) is 11.4. The number of rotatable bonds is 7. The van der Waals surface area contributed by atoms with Crippen molar-refractivity contribution in [2.24, 2.45) is 0 Å². The zero-order valence-corrected chi connectivity index (χ0v) is 20.2. The summed E-state index contributed by atoms with van der Waals surface area (Å²) >= 11 is 1.75. The highest BCUT2D eigenvalue weighted by molar-refractivity contribution is 7.10. The number of ether oxygens (including phenoxy) is 1. The van der Waals surface area contributed by atoms with Gasteiger partial charge in [0, 0.05) is 23.5 Å². The summed E-state index contributed by atoms with van der Waals surface area (Å²) in [5.41, 5.74) is 4.03. The van der Waals surface area contributed by atoms with Gasteiger partial charge < -0.3 is 14.5 Å². The molecule has 0 saturated heterocycles. The van der Waals surface area contributed by atoms with Gasteiger partial charge in [-0.1, -0.05) is 42.8 Å². The first-order chi connectivity index (χ1) is 16.0. The first kappa shape index (κ1) is 23.1. The van der Waals surface area contributed by atoms with E-state index in [0.29, 0.717) is 24.4 Å². The highest BCUT2D eigenvalue weighted by atomic mass is 32.1. The third kappa shape index (κ3) is 4.96. The highest BCUT2D eigenvalue weighted by Crippen LogP contribution is 2.38. The molecule has 0 spiro atoms. The number of amides is 2. The molecule has 5 nitrogen and oxygen atoms in total. The van der Waals surface area contributed by atoms with Crippen molar-refractivity contribution in [1.29, 1.82) is 0 Å². The van der Waals surface area contributed by atoms with Crippen LogP contribution in [0.2, 0.25) is 0 Å². The second-order valence-corrected chi connectivity index (χ2v) is 9.41.